The molecule has 0 saturated carbocycles. The number of rotatable bonds is 2. The van der Waals surface area contributed by atoms with Crippen LogP contribution in [0.2, 0.25) is 0 Å². The second kappa shape index (κ2) is 6.86. The lowest BCUT2D eigenvalue weighted by molar-refractivity contribution is 0.0784. The molecule has 154 valence electrons. The molecule has 0 bridgehead atoms. The van der Waals surface area contributed by atoms with Crippen LogP contribution in [-0.2, 0) is 15.4 Å². The van der Waals surface area contributed by atoms with Gasteiger partial charge in [0.1, 0.15) is 0 Å². The lowest BCUT2D eigenvalue weighted by Crippen LogP contribution is -2.51. The van der Waals surface area contributed by atoms with E-state index in [4.69, 9.17) is 0 Å². The zero-order chi connectivity index (χ0) is 21.8. The van der Waals surface area contributed by atoms with Crippen molar-refractivity contribution in [1.29, 1.82) is 0 Å². The minimum absolute atomic E-state index is 0.0370. The van der Waals surface area contributed by atoms with Gasteiger partial charge < -0.3 is 0 Å². The average Bonchev–Trinajstić information content (AvgIpc) is 2.71. The highest BCUT2D eigenvalue weighted by molar-refractivity contribution is 7.89. The van der Waals surface area contributed by atoms with Crippen LogP contribution < -0.4 is 0 Å². The number of ketones is 2. The van der Waals surface area contributed by atoms with Crippen molar-refractivity contribution in [3.63, 3.8) is 0 Å². The average molecular weight is 422 g/mol. The third-order valence-electron chi connectivity index (χ3n) is 5.66. The first-order chi connectivity index (χ1) is 14.0. The maximum absolute atomic E-state index is 13.3. The summed E-state index contributed by atoms with van der Waals surface area (Å²) in [6, 6.07) is 16.1. The molecule has 4 rings (SSSR count). The molecule has 3 aromatic rings. The molecule has 0 fully saturated rings. The fourth-order valence-corrected chi connectivity index (χ4v) is 5.30. The molecule has 1 atom stereocenters. The third kappa shape index (κ3) is 3.16. The van der Waals surface area contributed by atoms with Crippen LogP contribution in [0.3, 0.4) is 0 Å². The summed E-state index contributed by atoms with van der Waals surface area (Å²) < 4.78 is 27.3. The summed E-state index contributed by atoms with van der Waals surface area (Å²) in [5.41, 5.74) is 0.915. The van der Waals surface area contributed by atoms with Crippen molar-refractivity contribution >= 4 is 32.4 Å². The standard InChI is InChI=1S/C24H23NO4S/c1-24(2,3)18-11-12-19-20(14-18)30(28,29)25(4)21(23(19)27)22(26)17-10-9-15-7-5-6-8-16(15)13-17/h5-14,21H,1-4H3. The predicted molar refractivity (Wildman–Crippen MR) is 116 cm³/mol. The van der Waals surface area contributed by atoms with E-state index in [1.165, 1.54) is 13.1 Å². The number of Topliss-reactive ketones (excluding diaryl/α,β-unsaturated/α-hetero) is 2. The summed E-state index contributed by atoms with van der Waals surface area (Å²) in [5, 5.41) is 1.82. The molecule has 1 heterocycles. The summed E-state index contributed by atoms with van der Waals surface area (Å²) >= 11 is 0. The van der Waals surface area contributed by atoms with Crippen LogP contribution in [0.1, 0.15) is 47.1 Å². The van der Waals surface area contributed by atoms with E-state index in [1.54, 1.807) is 30.3 Å². The van der Waals surface area contributed by atoms with Gasteiger partial charge in [-0.05, 0) is 39.9 Å². The second-order valence-corrected chi connectivity index (χ2v) is 10.6. The van der Waals surface area contributed by atoms with Gasteiger partial charge in [0, 0.05) is 18.2 Å². The summed E-state index contributed by atoms with van der Waals surface area (Å²) in [6.45, 7) is 5.92. The first-order valence-electron chi connectivity index (χ1n) is 9.71. The van der Waals surface area contributed by atoms with E-state index in [-0.39, 0.29) is 15.9 Å². The van der Waals surface area contributed by atoms with Gasteiger partial charge in [-0.1, -0.05) is 63.2 Å². The molecular formula is C24H23NO4S. The largest absolute Gasteiger partial charge is 0.292 e. The normalized spacial score (nSPS) is 18.9. The Labute approximate surface area is 176 Å². The number of carbonyl (C=O) groups is 2. The fraction of sp³-hybridized carbons (Fsp3) is 0.250. The van der Waals surface area contributed by atoms with Crippen LogP contribution in [-0.4, -0.2) is 37.4 Å². The van der Waals surface area contributed by atoms with E-state index in [0.29, 0.717) is 5.56 Å². The fourth-order valence-electron chi connectivity index (χ4n) is 3.80. The topological polar surface area (TPSA) is 71.5 Å². The summed E-state index contributed by atoms with van der Waals surface area (Å²) in [5.74, 6) is -1.02. The second-order valence-electron chi connectivity index (χ2n) is 8.68. The van der Waals surface area contributed by atoms with Crippen molar-refractivity contribution in [1.82, 2.24) is 4.31 Å². The van der Waals surface area contributed by atoms with Crippen molar-refractivity contribution in [3.05, 3.63) is 77.4 Å². The molecule has 1 aliphatic rings. The Morgan fingerprint density at radius 3 is 2.27 bits per heavy atom. The van der Waals surface area contributed by atoms with Gasteiger partial charge in [-0.25, -0.2) is 8.42 Å². The number of sulfonamides is 1. The van der Waals surface area contributed by atoms with Crippen molar-refractivity contribution in [3.8, 4) is 0 Å². The molecule has 0 spiro atoms. The third-order valence-corrected chi connectivity index (χ3v) is 7.53. The summed E-state index contributed by atoms with van der Waals surface area (Å²) in [6.07, 6.45) is 0. The Morgan fingerprint density at radius 1 is 0.933 bits per heavy atom. The van der Waals surface area contributed by atoms with Crippen molar-refractivity contribution in [2.75, 3.05) is 7.05 Å². The van der Waals surface area contributed by atoms with Crippen molar-refractivity contribution in [2.24, 2.45) is 0 Å². The van der Waals surface area contributed by atoms with Gasteiger partial charge >= 0.3 is 0 Å². The Bertz CT molecular complexity index is 1300. The molecule has 0 radical (unpaired) electrons. The van der Waals surface area contributed by atoms with Gasteiger partial charge in [-0.2, -0.15) is 4.31 Å². The molecule has 0 aliphatic carbocycles. The maximum Gasteiger partial charge on any atom is 0.244 e. The SMILES string of the molecule is CN1C(C(=O)c2ccc3ccccc3c2)C(=O)c2ccc(C(C)(C)C)cc2S1(=O)=O. The number of carbonyl (C=O) groups excluding carboxylic acids is 2. The molecule has 5 nitrogen and oxygen atoms in total. The molecule has 30 heavy (non-hydrogen) atoms. The van der Waals surface area contributed by atoms with E-state index < -0.39 is 27.6 Å². The van der Waals surface area contributed by atoms with Gasteiger partial charge in [-0.15, -0.1) is 0 Å². The van der Waals surface area contributed by atoms with Gasteiger partial charge in [0.25, 0.3) is 0 Å². The van der Waals surface area contributed by atoms with Crippen LogP contribution in [0.15, 0.2) is 65.6 Å². The van der Waals surface area contributed by atoms with E-state index in [1.807, 2.05) is 45.0 Å². The number of fused-ring (bicyclic) bond motifs is 2. The molecular weight excluding hydrogens is 398 g/mol. The minimum atomic E-state index is -3.99. The molecule has 0 aromatic heterocycles. The molecule has 0 N–H and O–H groups in total. The van der Waals surface area contributed by atoms with Crippen LogP contribution in [0.4, 0.5) is 0 Å². The highest BCUT2D eigenvalue weighted by Gasteiger charge is 2.45. The van der Waals surface area contributed by atoms with Gasteiger partial charge in [-0.3, -0.25) is 9.59 Å². The highest BCUT2D eigenvalue weighted by Crippen LogP contribution is 2.34. The van der Waals surface area contributed by atoms with E-state index >= 15 is 0 Å². The quantitative estimate of drug-likeness (QED) is 0.459. The van der Waals surface area contributed by atoms with Crippen LogP contribution in [0.5, 0.6) is 0 Å². The van der Waals surface area contributed by atoms with E-state index in [2.05, 4.69) is 0 Å². The zero-order valence-corrected chi connectivity index (χ0v) is 18.2. The first kappa shape index (κ1) is 20.4. The minimum Gasteiger partial charge on any atom is -0.292 e. The number of likely N-dealkylation sites (N-methyl/N-ethyl adjacent to an activating group) is 1. The molecule has 0 saturated heterocycles. The molecule has 1 aliphatic heterocycles. The number of benzene rings is 3. The zero-order valence-electron chi connectivity index (χ0n) is 17.3. The Balaban J connectivity index is 1.82. The predicted octanol–water partition coefficient (Wildman–Crippen LogP) is 4.21. The lowest BCUT2D eigenvalue weighted by atomic mass is 9.85. The van der Waals surface area contributed by atoms with Crippen molar-refractivity contribution in [2.45, 2.75) is 37.1 Å². The molecule has 0 amide bonds. The smallest absolute Gasteiger partial charge is 0.244 e. The molecule has 3 aromatic carbocycles. The van der Waals surface area contributed by atoms with Gasteiger partial charge in [0.2, 0.25) is 10.0 Å². The number of nitrogens with zero attached hydrogens (tertiary/aromatic N) is 1. The first-order valence-corrected chi connectivity index (χ1v) is 11.2. The number of hydrogen-bond donors (Lipinski definition) is 0. The molecule has 1 unspecified atom stereocenters. The van der Waals surface area contributed by atoms with E-state index in [0.717, 1.165) is 20.6 Å². The summed E-state index contributed by atoms with van der Waals surface area (Å²) in [7, 11) is -2.69. The highest BCUT2D eigenvalue weighted by atomic mass is 32.2. The number of hydrogen-bond acceptors (Lipinski definition) is 4. The van der Waals surface area contributed by atoms with Gasteiger partial charge in [0.05, 0.1) is 4.90 Å². The molecule has 6 heteroatoms. The van der Waals surface area contributed by atoms with Crippen LogP contribution in [0, 0.1) is 0 Å². The van der Waals surface area contributed by atoms with E-state index in [9.17, 15) is 18.0 Å². The van der Waals surface area contributed by atoms with Crippen LogP contribution in [0.25, 0.3) is 10.8 Å². The Hall–Kier alpha value is -2.83. The van der Waals surface area contributed by atoms with Gasteiger partial charge in [0.15, 0.2) is 17.6 Å². The van der Waals surface area contributed by atoms with Crippen LogP contribution >= 0.6 is 0 Å². The Kier molecular flexibility index (Phi) is 4.67. The summed E-state index contributed by atoms with van der Waals surface area (Å²) in [4.78, 5) is 26.5. The monoisotopic (exact) mass is 421 g/mol. The van der Waals surface area contributed by atoms with Crippen molar-refractivity contribution < 1.29 is 18.0 Å². The Morgan fingerprint density at radius 2 is 1.60 bits per heavy atom. The maximum atomic E-state index is 13.3. The lowest BCUT2D eigenvalue weighted by Gasteiger charge is -2.32.